The Balaban J connectivity index is 1.76. The van der Waals surface area contributed by atoms with Gasteiger partial charge in [-0.1, -0.05) is 0 Å². The zero-order valence-electron chi connectivity index (χ0n) is 10.2. The average molecular weight is 293 g/mol. The number of thioether (sulfide) groups is 1. The van der Waals surface area contributed by atoms with Crippen molar-refractivity contribution in [2.75, 3.05) is 19.0 Å². The number of pyridine rings is 1. The Morgan fingerprint density at radius 2 is 2.00 bits per heavy atom. The Bertz CT molecular complexity index is 391. The van der Waals surface area contributed by atoms with Crippen LogP contribution in [-0.2, 0) is 15.7 Å². The molecule has 106 valence electrons. The predicted molar refractivity (Wildman–Crippen MR) is 64.9 cm³/mol. The van der Waals surface area contributed by atoms with E-state index >= 15 is 0 Å². The third-order valence-corrected chi connectivity index (χ3v) is 3.54. The number of hydrogen-bond donors (Lipinski definition) is 0. The molecule has 0 bridgehead atoms. The SMILES string of the molecule is FC(F)(F)c1ccc(SCCC2OCCCO2)nc1. The van der Waals surface area contributed by atoms with Crippen LogP contribution in [0.2, 0.25) is 0 Å². The molecule has 19 heavy (non-hydrogen) atoms. The lowest BCUT2D eigenvalue weighted by molar-refractivity contribution is -0.178. The van der Waals surface area contributed by atoms with E-state index < -0.39 is 11.7 Å². The van der Waals surface area contributed by atoms with Crippen LogP contribution in [0.25, 0.3) is 0 Å². The molecule has 1 saturated heterocycles. The molecule has 0 aromatic carbocycles. The summed E-state index contributed by atoms with van der Waals surface area (Å²) >= 11 is 1.39. The number of nitrogens with zero attached hydrogens (tertiary/aromatic N) is 1. The second-order valence-corrected chi connectivity index (χ2v) is 5.16. The largest absolute Gasteiger partial charge is 0.417 e. The Morgan fingerprint density at radius 1 is 1.26 bits per heavy atom. The highest BCUT2D eigenvalue weighted by Gasteiger charge is 2.30. The standard InChI is InChI=1S/C12H14F3NO2S/c13-12(14,15)9-2-3-10(16-8-9)19-7-4-11-17-5-1-6-18-11/h2-3,8,11H,1,4-7H2. The molecule has 2 rings (SSSR count). The molecule has 1 aliphatic rings. The van der Waals surface area contributed by atoms with Gasteiger partial charge in [-0.25, -0.2) is 4.98 Å². The highest BCUT2D eigenvalue weighted by molar-refractivity contribution is 7.99. The van der Waals surface area contributed by atoms with Gasteiger partial charge in [0.25, 0.3) is 0 Å². The average Bonchev–Trinajstić information content (AvgIpc) is 2.39. The van der Waals surface area contributed by atoms with Crippen LogP contribution in [0.1, 0.15) is 18.4 Å². The number of hydrogen-bond acceptors (Lipinski definition) is 4. The van der Waals surface area contributed by atoms with Crippen LogP contribution >= 0.6 is 11.8 Å². The van der Waals surface area contributed by atoms with Crippen molar-refractivity contribution in [1.29, 1.82) is 0 Å². The van der Waals surface area contributed by atoms with Gasteiger partial charge < -0.3 is 9.47 Å². The van der Waals surface area contributed by atoms with Gasteiger partial charge in [0.1, 0.15) is 0 Å². The third-order valence-electron chi connectivity index (χ3n) is 2.56. The van der Waals surface area contributed by atoms with E-state index in [2.05, 4.69) is 4.98 Å². The predicted octanol–water partition coefficient (Wildman–Crippen LogP) is 3.35. The number of halogens is 3. The number of rotatable bonds is 4. The lowest BCUT2D eigenvalue weighted by Crippen LogP contribution is -2.25. The van der Waals surface area contributed by atoms with E-state index in [0.29, 0.717) is 30.4 Å². The topological polar surface area (TPSA) is 31.4 Å². The Morgan fingerprint density at radius 3 is 2.58 bits per heavy atom. The molecule has 1 aromatic heterocycles. The van der Waals surface area contributed by atoms with Crippen molar-refractivity contribution in [1.82, 2.24) is 4.98 Å². The number of ether oxygens (including phenoxy) is 2. The minimum atomic E-state index is -4.33. The maximum Gasteiger partial charge on any atom is 0.417 e. The van der Waals surface area contributed by atoms with Crippen molar-refractivity contribution in [3.05, 3.63) is 23.9 Å². The van der Waals surface area contributed by atoms with Gasteiger partial charge in [-0.05, 0) is 18.6 Å². The van der Waals surface area contributed by atoms with Gasteiger partial charge in [-0.3, -0.25) is 0 Å². The smallest absolute Gasteiger partial charge is 0.353 e. The van der Waals surface area contributed by atoms with Crippen LogP contribution in [0.3, 0.4) is 0 Å². The second-order valence-electron chi connectivity index (χ2n) is 4.04. The summed E-state index contributed by atoms with van der Waals surface area (Å²) in [7, 11) is 0. The van der Waals surface area contributed by atoms with Gasteiger partial charge in [0.05, 0.1) is 23.8 Å². The van der Waals surface area contributed by atoms with Crippen molar-refractivity contribution in [2.45, 2.75) is 30.3 Å². The molecule has 0 N–H and O–H groups in total. The molecule has 0 atom stereocenters. The molecule has 0 saturated carbocycles. The second kappa shape index (κ2) is 6.58. The van der Waals surface area contributed by atoms with Crippen LogP contribution in [0.5, 0.6) is 0 Å². The molecule has 0 unspecified atom stereocenters. The minimum Gasteiger partial charge on any atom is -0.353 e. The normalized spacial score (nSPS) is 17.6. The van der Waals surface area contributed by atoms with E-state index in [-0.39, 0.29) is 6.29 Å². The fourth-order valence-corrected chi connectivity index (χ4v) is 2.41. The quantitative estimate of drug-likeness (QED) is 0.797. The molecule has 7 heteroatoms. The summed E-state index contributed by atoms with van der Waals surface area (Å²) in [6.45, 7) is 1.40. The van der Waals surface area contributed by atoms with Crippen LogP contribution in [0.15, 0.2) is 23.4 Å². The number of aromatic nitrogens is 1. The zero-order valence-corrected chi connectivity index (χ0v) is 11.0. The van der Waals surface area contributed by atoms with Crippen molar-refractivity contribution < 1.29 is 22.6 Å². The Hall–Kier alpha value is -0.790. The van der Waals surface area contributed by atoms with Gasteiger partial charge in [0, 0.05) is 18.4 Å². The lowest BCUT2D eigenvalue weighted by atomic mass is 10.3. The highest BCUT2D eigenvalue weighted by atomic mass is 32.2. The number of alkyl halides is 3. The summed E-state index contributed by atoms with van der Waals surface area (Å²) in [6.07, 6.45) is -2.07. The van der Waals surface area contributed by atoms with Gasteiger partial charge in [0.15, 0.2) is 6.29 Å². The molecule has 2 heterocycles. The summed E-state index contributed by atoms with van der Waals surface area (Å²) in [5, 5.41) is 0.573. The van der Waals surface area contributed by atoms with Crippen LogP contribution in [-0.4, -0.2) is 30.2 Å². The molecular weight excluding hydrogens is 279 g/mol. The van der Waals surface area contributed by atoms with Gasteiger partial charge in [-0.2, -0.15) is 13.2 Å². The Kier molecular flexibility index (Phi) is 5.06. The molecule has 0 aliphatic carbocycles. The first kappa shape index (κ1) is 14.6. The first-order valence-corrected chi connectivity index (χ1v) is 6.93. The van der Waals surface area contributed by atoms with E-state index in [9.17, 15) is 13.2 Å². The molecule has 3 nitrogen and oxygen atoms in total. The van der Waals surface area contributed by atoms with E-state index in [4.69, 9.17) is 9.47 Å². The summed E-state index contributed by atoms with van der Waals surface area (Å²) in [5.74, 6) is 0.697. The first-order valence-electron chi connectivity index (χ1n) is 5.95. The summed E-state index contributed by atoms with van der Waals surface area (Å²) < 4.78 is 47.8. The van der Waals surface area contributed by atoms with E-state index in [0.717, 1.165) is 18.7 Å². The molecule has 0 radical (unpaired) electrons. The fraction of sp³-hybridized carbons (Fsp3) is 0.583. The van der Waals surface area contributed by atoms with Crippen molar-refractivity contribution in [3.8, 4) is 0 Å². The first-order chi connectivity index (χ1) is 9.05. The summed E-state index contributed by atoms with van der Waals surface area (Å²) in [4.78, 5) is 3.79. The molecule has 1 aromatic rings. The zero-order chi connectivity index (χ0) is 13.7. The summed E-state index contributed by atoms with van der Waals surface area (Å²) in [5.41, 5.74) is -0.726. The monoisotopic (exact) mass is 293 g/mol. The van der Waals surface area contributed by atoms with Gasteiger partial charge >= 0.3 is 6.18 Å². The van der Waals surface area contributed by atoms with Crippen molar-refractivity contribution in [2.24, 2.45) is 0 Å². The molecule has 1 aliphatic heterocycles. The van der Waals surface area contributed by atoms with Gasteiger partial charge in [0.2, 0.25) is 0 Å². The van der Waals surface area contributed by atoms with E-state index in [1.54, 1.807) is 0 Å². The fourth-order valence-electron chi connectivity index (χ4n) is 1.60. The van der Waals surface area contributed by atoms with Crippen LogP contribution in [0.4, 0.5) is 13.2 Å². The lowest BCUT2D eigenvalue weighted by Gasteiger charge is -2.22. The summed E-state index contributed by atoms with van der Waals surface area (Å²) in [6, 6.07) is 2.43. The van der Waals surface area contributed by atoms with Crippen LogP contribution < -0.4 is 0 Å². The Labute approximate surface area is 113 Å². The maximum absolute atomic E-state index is 12.3. The van der Waals surface area contributed by atoms with Crippen LogP contribution in [0, 0.1) is 0 Å². The molecular formula is C12H14F3NO2S. The van der Waals surface area contributed by atoms with E-state index in [1.807, 2.05) is 0 Å². The third kappa shape index (κ3) is 4.67. The van der Waals surface area contributed by atoms with Gasteiger partial charge in [-0.15, -0.1) is 11.8 Å². The maximum atomic E-state index is 12.3. The molecule has 0 spiro atoms. The molecule has 1 fully saturated rings. The molecule has 0 amide bonds. The highest BCUT2D eigenvalue weighted by Crippen LogP contribution is 2.29. The van der Waals surface area contributed by atoms with E-state index in [1.165, 1.54) is 17.8 Å². The minimum absolute atomic E-state index is 0.198. The van der Waals surface area contributed by atoms with Crippen molar-refractivity contribution >= 4 is 11.8 Å². The van der Waals surface area contributed by atoms with Crippen molar-refractivity contribution in [3.63, 3.8) is 0 Å².